The Morgan fingerprint density at radius 1 is 0.821 bits per heavy atom. The number of amides is 2. The lowest BCUT2D eigenvalue weighted by Crippen LogP contribution is -2.54. The molecule has 3 aromatic rings. The lowest BCUT2D eigenvalue weighted by Gasteiger charge is -2.34. The lowest BCUT2D eigenvalue weighted by molar-refractivity contribution is -0.140. The van der Waals surface area contributed by atoms with Crippen molar-refractivity contribution in [2.45, 2.75) is 59.7 Å². The quantitative estimate of drug-likeness (QED) is 0.380. The van der Waals surface area contributed by atoms with Gasteiger partial charge in [0, 0.05) is 19.0 Å². The number of rotatable bonds is 11. The Morgan fingerprint density at radius 3 is 1.95 bits per heavy atom. The van der Waals surface area contributed by atoms with E-state index in [-0.39, 0.29) is 18.5 Å². The average molecular weight is 550 g/mol. The standard InChI is InChI=1S/C31H39N3O4S/c1-22(2)32-31(36)29(19-26-10-8-7-9-11-26)33(20-27-14-12-23(3)13-15-27)30(35)21-34(39(6,37)38)28-17-24(4)16-25(5)18-28/h7-18,22,29H,19-21H2,1-6H3,(H,32,36)/t29-/m0/s1. The van der Waals surface area contributed by atoms with Crippen molar-refractivity contribution in [3.05, 3.63) is 101 Å². The number of benzene rings is 3. The maximum Gasteiger partial charge on any atom is 0.244 e. The van der Waals surface area contributed by atoms with Crippen LogP contribution in [-0.4, -0.2) is 50.0 Å². The molecular formula is C31H39N3O4S. The fourth-order valence-electron chi connectivity index (χ4n) is 4.53. The summed E-state index contributed by atoms with van der Waals surface area (Å²) in [7, 11) is -3.80. The normalized spacial score (nSPS) is 12.2. The van der Waals surface area contributed by atoms with Crippen molar-refractivity contribution in [1.29, 1.82) is 0 Å². The number of hydrogen-bond acceptors (Lipinski definition) is 4. The third kappa shape index (κ3) is 8.68. The molecule has 2 amide bonds. The van der Waals surface area contributed by atoms with Gasteiger partial charge in [0.25, 0.3) is 0 Å². The summed E-state index contributed by atoms with van der Waals surface area (Å²) < 4.78 is 27.0. The zero-order chi connectivity index (χ0) is 28.7. The molecule has 39 heavy (non-hydrogen) atoms. The molecule has 0 saturated carbocycles. The van der Waals surface area contributed by atoms with Gasteiger partial charge in [-0.05, 0) is 69.0 Å². The van der Waals surface area contributed by atoms with Crippen molar-refractivity contribution in [1.82, 2.24) is 10.2 Å². The minimum absolute atomic E-state index is 0.130. The van der Waals surface area contributed by atoms with Crippen LogP contribution in [0.15, 0.2) is 72.8 Å². The van der Waals surface area contributed by atoms with Crippen LogP contribution in [0.4, 0.5) is 5.69 Å². The Kier molecular flexibility index (Phi) is 9.92. The predicted octanol–water partition coefficient (Wildman–Crippen LogP) is 4.54. The molecule has 208 valence electrons. The molecule has 0 unspecified atom stereocenters. The summed E-state index contributed by atoms with van der Waals surface area (Å²) in [6.45, 7) is 9.22. The van der Waals surface area contributed by atoms with E-state index in [9.17, 15) is 18.0 Å². The van der Waals surface area contributed by atoms with Gasteiger partial charge in [-0.15, -0.1) is 0 Å². The van der Waals surface area contributed by atoms with Gasteiger partial charge in [0.1, 0.15) is 12.6 Å². The molecule has 0 aliphatic rings. The first kappa shape index (κ1) is 29.9. The van der Waals surface area contributed by atoms with Crippen LogP contribution in [0.2, 0.25) is 0 Å². The first-order valence-corrected chi connectivity index (χ1v) is 14.9. The van der Waals surface area contributed by atoms with Crippen molar-refractivity contribution in [3.8, 4) is 0 Å². The van der Waals surface area contributed by atoms with Crippen molar-refractivity contribution in [2.75, 3.05) is 17.1 Å². The number of carbonyl (C=O) groups excluding carboxylic acids is 2. The first-order chi connectivity index (χ1) is 18.3. The number of sulfonamides is 1. The molecule has 0 aliphatic carbocycles. The van der Waals surface area contributed by atoms with Crippen LogP contribution in [0.3, 0.4) is 0 Å². The molecule has 0 bridgehead atoms. The molecule has 0 aromatic heterocycles. The maximum atomic E-state index is 14.1. The maximum absolute atomic E-state index is 14.1. The van der Waals surface area contributed by atoms with Crippen LogP contribution in [-0.2, 0) is 32.6 Å². The summed E-state index contributed by atoms with van der Waals surface area (Å²) >= 11 is 0. The van der Waals surface area contributed by atoms with Gasteiger partial charge in [-0.2, -0.15) is 0 Å². The molecule has 0 heterocycles. The van der Waals surface area contributed by atoms with Gasteiger partial charge < -0.3 is 10.2 Å². The predicted molar refractivity (Wildman–Crippen MR) is 157 cm³/mol. The zero-order valence-corrected chi connectivity index (χ0v) is 24.5. The highest BCUT2D eigenvalue weighted by Gasteiger charge is 2.33. The van der Waals surface area contributed by atoms with E-state index in [0.29, 0.717) is 12.1 Å². The third-order valence-electron chi connectivity index (χ3n) is 6.35. The first-order valence-electron chi connectivity index (χ1n) is 13.1. The smallest absolute Gasteiger partial charge is 0.244 e. The second-order valence-corrected chi connectivity index (χ2v) is 12.4. The van der Waals surface area contributed by atoms with Crippen LogP contribution in [0.25, 0.3) is 0 Å². The summed E-state index contributed by atoms with van der Waals surface area (Å²) in [6.07, 6.45) is 1.38. The number of hydrogen-bond donors (Lipinski definition) is 1. The van der Waals surface area contributed by atoms with Gasteiger partial charge in [0.2, 0.25) is 21.8 Å². The van der Waals surface area contributed by atoms with E-state index in [2.05, 4.69) is 5.32 Å². The molecule has 1 atom stereocenters. The van der Waals surface area contributed by atoms with Gasteiger partial charge in [-0.1, -0.05) is 66.2 Å². The second kappa shape index (κ2) is 12.9. The molecule has 0 spiro atoms. The molecule has 7 nitrogen and oxygen atoms in total. The number of nitrogens with one attached hydrogen (secondary N) is 1. The molecule has 3 rings (SSSR count). The molecule has 8 heteroatoms. The van der Waals surface area contributed by atoms with Gasteiger partial charge in [-0.25, -0.2) is 8.42 Å². The summed E-state index contributed by atoms with van der Waals surface area (Å²) in [4.78, 5) is 29.1. The van der Waals surface area contributed by atoms with E-state index in [1.54, 1.807) is 12.1 Å². The molecule has 1 N–H and O–H groups in total. The molecule has 0 fully saturated rings. The average Bonchev–Trinajstić information content (AvgIpc) is 2.84. The second-order valence-electron chi connectivity index (χ2n) is 10.5. The topological polar surface area (TPSA) is 86.8 Å². The zero-order valence-electron chi connectivity index (χ0n) is 23.6. The fraction of sp³-hybridized carbons (Fsp3) is 0.355. The largest absolute Gasteiger partial charge is 0.352 e. The Morgan fingerprint density at radius 2 is 1.41 bits per heavy atom. The highest BCUT2D eigenvalue weighted by Crippen LogP contribution is 2.23. The van der Waals surface area contributed by atoms with E-state index in [4.69, 9.17) is 0 Å². The summed E-state index contributed by atoms with van der Waals surface area (Å²) in [6, 6.07) is 21.8. The number of anilines is 1. The van der Waals surface area contributed by atoms with Crippen molar-refractivity contribution >= 4 is 27.5 Å². The summed E-state index contributed by atoms with van der Waals surface area (Å²) in [5.74, 6) is -0.744. The van der Waals surface area contributed by atoms with Crippen molar-refractivity contribution in [2.24, 2.45) is 0 Å². The molecular weight excluding hydrogens is 510 g/mol. The van der Waals surface area contributed by atoms with E-state index in [0.717, 1.165) is 38.4 Å². The van der Waals surface area contributed by atoms with Gasteiger partial charge in [-0.3, -0.25) is 13.9 Å². The van der Waals surface area contributed by atoms with E-state index in [1.165, 1.54) is 4.90 Å². The molecule has 3 aromatic carbocycles. The Labute approximate surface area is 232 Å². The number of nitrogens with zero attached hydrogens (tertiary/aromatic N) is 2. The number of carbonyl (C=O) groups is 2. The third-order valence-corrected chi connectivity index (χ3v) is 7.49. The lowest BCUT2D eigenvalue weighted by atomic mass is 10.0. The van der Waals surface area contributed by atoms with Crippen molar-refractivity contribution < 1.29 is 18.0 Å². The Hall–Kier alpha value is -3.65. The van der Waals surface area contributed by atoms with Crippen LogP contribution < -0.4 is 9.62 Å². The van der Waals surface area contributed by atoms with Crippen LogP contribution >= 0.6 is 0 Å². The molecule has 0 saturated heterocycles. The van der Waals surface area contributed by atoms with Gasteiger partial charge >= 0.3 is 0 Å². The minimum atomic E-state index is -3.80. The van der Waals surface area contributed by atoms with Crippen LogP contribution in [0.5, 0.6) is 0 Å². The SMILES string of the molecule is Cc1ccc(CN(C(=O)CN(c2cc(C)cc(C)c2)S(C)(=O)=O)[C@@H](Cc2ccccc2)C(=O)NC(C)C)cc1. The van der Waals surface area contributed by atoms with E-state index >= 15 is 0 Å². The van der Waals surface area contributed by atoms with Gasteiger partial charge in [0.15, 0.2) is 0 Å². The minimum Gasteiger partial charge on any atom is -0.352 e. The summed E-state index contributed by atoms with van der Waals surface area (Å²) in [5.41, 5.74) is 5.03. The van der Waals surface area contributed by atoms with Crippen molar-refractivity contribution in [3.63, 3.8) is 0 Å². The van der Waals surface area contributed by atoms with Crippen LogP contribution in [0, 0.1) is 20.8 Å². The fourth-order valence-corrected chi connectivity index (χ4v) is 5.37. The van der Waals surface area contributed by atoms with Crippen LogP contribution in [0.1, 0.15) is 41.7 Å². The Balaban J connectivity index is 2.06. The highest BCUT2D eigenvalue weighted by molar-refractivity contribution is 7.92. The summed E-state index contributed by atoms with van der Waals surface area (Å²) in [5, 5.41) is 2.96. The molecule has 0 radical (unpaired) electrons. The van der Waals surface area contributed by atoms with Gasteiger partial charge in [0.05, 0.1) is 11.9 Å². The Bertz CT molecular complexity index is 1370. The highest BCUT2D eigenvalue weighted by atomic mass is 32.2. The monoisotopic (exact) mass is 549 g/mol. The number of aryl methyl sites for hydroxylation is 3. The van der Waals surface area contributed by atoms with E-state index in [1.807, 2.05) is 95.3 Å². The van der Waals surface area contributed by atoms with E-state index < -0.39 is 28.5 Å². The molecule has 0 aliphatic heterocycles.